The number of hydrazine groups is 1. The number of rotatable bonds is 7. The summed E-state index contributed by atoms with van der Waals surface area (Å²) in [6, 6.07) is 19.8. The lowest BCUT2D eigenvalue weighted by molar-refractivity contribution is -0.117. The minimum Gasteiger partial charge on any atom is -0.490 e. The van der Waals surface area contributed by atoms with Crippen LogP contribution in [0.1, 0.15) is 18.1 Å². The van der Waals surface area contributed by atoms with Crippen LogP contribution in [0, 0.1) is 0 Å². The second-order valence-electron chi connectivity index (χ2n) is 7.15. The van der Waals surface area contributed by atoms with E-state index in [9.17, 15) is 9.59 Å². The molecule has 1 saturated heterocycles. The van der Waals surface area contributed by atoms with E-state index in [1.165, 1.54) is 11.1 Å². The largest absolute Gasteiger partial charge is 0.490 e. The molecule has 2 amide bonds. The molecule has 0 radical (unpaired) electrons. The van der Waals surface area contributed by atoms with Gasteiger partial charge in [-0.2, -0.15) is 0 Å². The van der Waals surface area contributed by atoms with Crippen LogP contribution in [-0.2, 0) is 16.2 Å². The summed E-state index contributed by atoms with van der Waals surface area (Å²) < 4.78 is 12.4. The number of benzene rings is 3. The first-order valence-corrected chi connectivity index (χ1v) is 11.4. The van der Waals surface area contributed by atoms with Gasteiger partial charge in [0.05, 0.1) is 16.8 Å². The number of amides is 2. The van der Waals surface area contributed by atoms with Crippen LogP contribution in [0.15, 0.2) is 76.8 Å². The minimum absolute atomic E-state index is 0.0306. The number of hydrogen-bond donors (Lipinski definition) is 1. The van der Waals surface area contributed by atoms with Crippen molar-refractivity contribution < 1.29 is 19.1 Å². The van der Waals surface area contributed by atoms with Crippen molar-refractivity contribution in [1.82, 2.24) is 5.43 Å². The molecule has 1 N–H and O–H groups in total. The summed E-state index contributed by atoms with van der Waals surface area (Å²) in [7, 11) is 0. The predicted molar refractivity (Wildman–Crippen MR) is 131 cm³/mol. The van der Waals surface area contributed by atoms with Crippen LogP contribution in [0.5, 0.6) is 11.5 Å². The summed E-state index contributed by atoms with van der Waals surface area (Å²) in [5.74, 6) is 0.130. The fourth-order valence-corrected chi connectivity index (χ4v) is 3.99. The summed E-state index contributed by atoms with van der Waals surface area (Å²) in [6.07, 6.45) is 1.54. The number of carbonyl (C=O) groups is 2. The topological polar surface area (TPSA) is 67.9 Å². The van der Waals surface area contributed by atoms with Gasteiger partial charge in [0, 0.05) is 5.02 Å². The Morgan fingerprint density at radius 2 is 1.76 bits per heavy atom. The number of ether oxygens (including phenoxy) is 2. The Kier molecular flexibility index (Phi) is 7.01. The maximum Gasteiger partial charge on any atom is 0.282 e. The number of anilines is 1. The van der Waals surface area contributed by atoms with Crippen molar-refractivity contribution in [2.45, 2.75) is 13.5 Å². The molecule has 3 aromatic carbocycles. The van der Waals surface area contributed by atoms with Crippen LogP contribution in [0.25, 0.3) is 6.08 Å². The van der Waals surface area contributed by atoms with E-state index in [0.29, 0.717) is 45.5 Å². The van der Waals surface area contributed by atoms with Gasteiger partial charge in [-0.1, -0.05) is 41.9 Å². The average molecular weight is 528 g/mol. The Morgan fingerprint density at radius 3 is 2.45 bits per heavy atom. The molecular formula is C25H20BrClN2O4. The molecular weight excluding hydrogens is 508 g/mol. The van der Waals surface area contributed by atoms with E-state index < -0.39 is 11.8 Å². The third-order valence-electron chi connectivity index (χ3n) is 4.84. The fraction of sp³-hybridized carbons (Fsp3) is 0.120. The van der Waals surface area contributed by atoms with E-state index in [2.05, 4.69) is 21.4 Å². The first kappa shape index (κ1) is 22.9. The molecule has 0 unspecified atom stereocenters. The van der Waals surface area contributed by atoms with Crippen molar-refractivity contribution in [2.24, 2.45) is 0 Å². The summed E-state index contributed by atoms with van der Waals surface area (Å²) >= 11 is 9.47. The van der Waals surface area contributed by atoms with Crippen LogP contribution < -0.4 is 19.9 Å². The van der Waals surface area contributed by atoms with Crippen molar-refractivity contribution in [2.75, 3.05) is 11.6 Å². The van der Waals surface area contributed by atoms with Crippen LogP contribution in [0.2, 0.25) is 5.02 Å². The highest BCUT2D eigenvalue weighted by molar-refractivity contribution is 9.10. The fourth-order valence-electron chi connectivity index (χ4n) is 3.29. The summed E-state index contributed by atoms with van der Waals surface area (Å²) in [4.78, 5) is 25.4. The van der Waals surface area contributed by atoms with Gasteiger partial charge in [-0.25, -0.2) is 5.01 Å². The molecule has 33 heavy (non-hydrogen) atoms. The third-order valence-corrected chi connectivity index (χ3v) is 5.69. The van der Waals surface area contributed by atoms with Crippen molar-refractivity contribution in [3.05, 3.63) is 92.9 Å². The molecule has 4 rings (SSSR count). The summed E-state index contributed by atoms with van der Waals surface area (Å²) in [6.45, 7) is 2.61. The standard InChI is InChI=1S/C25H20BrClN2O4/c1-2-32-22-14-17(13-21(26)23(22)33-15-16-8-10-18(27)11-9-16)12-20-24(30)28-29(25(20)31)19-6-4-3-5-7-19/h3-14H,2,15H2,1H3,(H,28,30)/b20-12-. The van der Waals surface area contributed by atoms with Crippen molar-refractivity contribution in [1.29, 1.82) is 0 Å². The van der Waals surface area contributed by atoms with Crippen LogP contribution in [0.3, 0.4) is 0 Å². The van der Waals surface area contributed by atoms with Gasteiger partial charge in [0.25, 0.3) is 11.8 Å². The lowest BCUT2D eigenvalue weighted by Gasteiger charge is -2.15. The molecule has 6 nitrogen and oxygen atoms in total. The summed E-state index contributed by atoms with van der Waals surface area (Å²) in [5.41, 5.74) is 4.79. The zero-order chi connectivity index (χ0) is 23.4. The molecule has 0 spiro atoms. The van der Waals surface area contributed by atoms with Crippen LogP contribution in [-0.4, -0.2) is 18.4 Å². The molecule has 1 aliphatic heterocycles. The van der Waals surface area contributed by atoms with E-state index in [1.807, 2.05) is 25.1 Å². The third kappa shape index (κ3) is 5.21. The van der Waals surface area contributed by atoms with Gasteiger partial charge in [-0.05, 0) is 76.5 Å². The maximum absolute atomic E-state index is 12.9. The molecule has 1 fully saturated rings. The molecule has 0 aliphatic carbocycles. The lowest BCUT2D eigenvalue weighted by atomic mass is 10.1. The quantitative estimate of drug-likeness (QED) is 0.324. The highest BCUT2D eigenvalue weighted by Gasteiger charge is 2.34. The molecule has 0 saturated carbocycles. The average Bonchev–Trinajstić information content (AvgIpc) is 3.09. The zero-order valence-corrected chi connectivity index (χ0v) is 20.0. The second-order valence-corrected chi connectivity index (χ2v) is 8.44. The molecule has 1 aliphatic rings. The van der Waals surface area contributed by atoms with Gasteiger partial charge < -0.3 is 9.47 Å². The minimum atomic E-state index is -0.471. The van der Waals surface area contributed by atoms with Crippen LogP contribution >= 0.6 is 27.5 Å². The van der Waals surface area contributed by atoms with Gasteiger partial charge in [0.15, 0.2) is 11.5 Å². The summed E-state index contributed by atoms with van der Waals surface area (Å²) in [5, 5.41) is 1.89. The molecule has 0 aromatic heterocycles. The smallest absolute Gasteiger partial charge is 0.282 e. The Labute approximate surface area is 204 Å². The first-order valence-electron chi connectivity index (χ1n) is 10.2. The monoisotopic (exact) mass is 526 g/mol. The number of halogens is 2. The zero-order valence-electron chi connectivity index (χ0n) is 17.7. The highest BCUT2D eigenvalue weighted by Crippen LogP contribution is 2.38. The number of carbonyl (C=O) groups excluding carboxylic acids is 2. The lowest BCUT2D eigenvalue weighted by Crippen LogP contribution is -2.35. The van der Waals surface area contributed by atoms with Crippen molar-refractivity contribution >= 4 is 51.1 Å². The number of hydrogen-bond acceptors (Lipinski definition) is 4. The SMILES string of the molecule is CCOc1cc(/C=C2/C(=O)NN(c3ccccc3)C2=O)cc(Br)c1OCc1ccc(Cl)cc1. The van der Waals surface area contributed by atoms with Crippen molar-refractivity contribution in [3.63, 3.8) is 0 Å². The number of para-hydroxylation sites is 1. The number of nitrogens with zero attached hydrogens (tertiary/aromatic N) is 1. The molecule has 8 heteroatoms. The Hall–Kier alpha value is -3.29. The predicted octanol–water partition coefficient (Wildman–Crippen LogP) is 5.54. The van der Waals surface area contributed by atoms with Gasteiger partial charge in [-0.15, -0.1) is 0 Å². The molecule has 1 heterocycles. The molecule has 0 atom stereocenters. The Bertz CT molecular complexity index is 1210. The molecule has 0 bridgehead atoms. The van der Waals surface area contributed by atoms with Gasteiger partial charge in [0.1, 0.15) is 12.2 Å². The highest BCUT2D eigenvalue weighted by atomic mass is 79.9. The molecule has 3 aromatic rings. The van der Waals surface area contributed by atoms with E-state index >= 15 is 0 Å². The first-order chi connectivity index (χ1) is 16.0. The maximum atomic E-state index is 12.9. The normalized spacial score (nSPS) is 14.5. The van der Waals surface area contributed by atoms with E-state index in [-0.39, 0.29) is 5.57 Å². The van der Waals surface area contributed by atoms with Gasteiger partial charge in [0.2, 0.25) is 0 Å². The van der Waals surface area contributed by atoms with E-state index in [0.717, 1.165) is 5.56 Å². The van der Waals surface area contributed by atoms with E-state index in [1.54, 1.807) is 48.5 Å². The second kappa shape index (κ2) is 10.1. The Morgan fingerprint density at radius 1 is 1.03 bits per heavy atom. The van der Waals surface area contributed by atoms with Crippen LogP contribution in [0.4, 0.5) is 5.69 Å². The van der Waals surface area contributed by atoms with Gasteiger partial charge >= 0.3 is 0 Å². The molecule has 168 valence electrons. The van der Waals surface area contributed by atoms with Crippen molar-refractivity contribution in [3.8, 4) is 11.5 Å². The van der Waals surface area contributed by atoms with E-state index in [4.69, 9.17) is 21.1 Å². The van der Waals surface area contributed by atoms with Gasteiger partial charge in [-0.3, -0.25) is 15.0 Å². The Balaban J connectivity index is 1.60. The number of nitrogens with one attached hydrogen (secondary N) is 1.